The molecule has 1 aliphatic heterocycles. The summed E-state index contributed by atoms with van der Waals surface area (Å²) in [6.07, 6.45) is 7.09. The summed E-state index contributed by atoms with van der Waals surface area (Å²) in [5.74, 6) is 0.315. The van der Waals surface area contributed by atoms with Crippen molar-refractivity contribution in [1.82, 2.24) is 4.90 Å². The van der Waals surface area contributed by atoms with E-state index in [0.29, 0.717) is 5.92 Å². The summed E-state index contributed by atoms with van der Waals surface area (Å²) in [5.41, 5.74) is 0.494. The molecule has 1 heterocycles. The van der Waals surface area contributed by atoms with Crippen LogP contribution < -0.4 is 0 Å². The summed E-state index contributed by atoms with van der Waals surface area (Å²) in [4.78, 5) is 2.56. The van der Waals surface area contributed by atoms with Crippen molar-refractivity contribution in [2.24, 2.45) is 11.3 Å². The highest BCUT2D eigenvalue weighted by Crippen LogP contribution is 2.50. The average molecular weight is 336 g/mol. The summed E-state index contributed by atoms with van der Waals surface area (Å²) >= 11 is 6.05. The fourth-order valence-corrected chi connectivity index (χ4v) is 4.66. The Morgan fingerprint density at radius 1 is 1.13 bits per heavy atom. The maximum atomic E-state index is 11.7. The zero-order chi connectivity index (χ0) is 16.5. The molecule has 3 rings (SSSR count). The molecule has 1 saturated carbocycles. The predicted molar refractivity (Wildman–Crippen MR) is 96.8 cm³/mol. The van der Waals surface area contributed by atoms with Crippen molar-refractivity contribution < 1.29 is 5.11 Å². The molecule has 0 aromatic heterocycles. The van der Waals surface area contributed by atoms with Gasteiger partial charge < -0.3 is 10.0 Å². The van der Waals surface area contributed by atoms with Crippen LogP contribution in [0, 0.1) is 11.3 Å². The monoisotopic (exact) mass is 335 g/mol. The van der Waals surface area contributed by atoms with Gasteiger partial charge in [-0.15, -0.1) is 0 Å². The van der Waals surface area contributed by atoms with Crippen molar-refractivity contribution >= 4 is 11.6 Å². The number of nitrogens with zero attached hydrogens (tertiary/aromatic N) is 1. The van der Waals surface area contributed by atoms with Crippen molar-refractivity contribution in [3.8, 4) is 0 Å². The van der Waals surface area contributed by atoms with Gasteiger partial charge in [0.05, 0.1) is 5.60 Å². The summed E-state index contributed by atoms with van der Waals surface area (Å²) in [6, 6.07) is 7.86. The molecular formula is C20H30ClNO. The quantitative estimate of drug-likeness (QED) is 0.854. The smallest absolute Gasteiger partial charge is 0.0941 e. The van der Waals surface area contributed by atoms with E-state index in [2.05, 4.69) is 18.7 Å². The Hall–Kier alpha value is -0.570. The van der Waals surface area contributed by atoms with E-state index in [-0.39, 0.29) is 5.41 Å². The van der Waals surface area contributed by atoms with E-state index >= 15 is 0 Å². The van der Waals surface area contributed by atoms with Gasteiger partial charge in [0.2, 0.25) is 0 Å². The van der Waals surface area contributed by atoms with E-state index < -0.39 is 5.60 Å². The van der Waals surface area contributed by atoms with Crippen LogP contribution in [0.1, 0.15) is 57.9 Å². The Bertz CT molecular complexity index is 521. The molecule has 2 fully saturated rings. The fourth-order valence-electron chi connectivity index (χ4n) is 4.54. The van der Waals surface area contributed by atoms with E-state index in [1.54, 1.807) is 0 Å². The van der Waals surface area contributed by atoms with Gasteiger partial charge in [-0.2, -0.15) is 0 Å². The highest BCUT2D eigenvalue weighted by Gasteiger charge is 2.47. The van der Waals surface area contributed by atoms with Crippen LogP contribution in [0.2, 0.25) is 5.02 Å². The lowest BCUT2D eigenvalue weighted by molar-refractivity contribution is -0.102. The van der Waals surface area contributed by atoms with Gasteiger partial charge in [0.25, 0.3) is 0 Å². The first-order valence-corrected chi connectivity index (χ1v) is 9.48. The normalized spacial score (nSPS) is 31.9. The lowest BCUT2D eigenvalue weighted by Gasteiger charge is -2.49. The minimum Gasteiger partial charge on any atom is -0.385 e. The standard InChI is InChI=1S/C20H30ClNO/c1-19(2)11-10-17(14-22-12-4-3-5-13-22)20(23,15-19)16-6-8-18(21)9-7-16/h6-9,17,23H,3-5,10-15H2,1-2H3. The second-order valence-corrected chi connectivity index (χ2v) is 8.81. The van der Waals surface area contributed by atoms with Crippen molar-refractivity contribution in [2.75, 3.05) is 19.6 Å². The molecule has 1 saturated heterocycles. The Balaban J connectivity index is 1.84. The van der Waals surface area contributed by atoms with Gasteiger partial charge in [0.1, 0.15) is 0 Å². The molecule has 2 aliphatic rings. The summed E-state index contributed by atoms with van der Waals surface area (Å²) in [7, 11) is 0. The highest BCUT2D eigenvalue weighted by molar-refractivity contribution is 6.30. The van der Waals surface area contributed by atoms with Crippen molar-refractivity contribution in [2.45, 2.75) is 58.0 Å². The van der Waals surface area contributed by atoms with Gasteiger partial charge in [-0.25, -0.2) is 0 Å². The first kappa shape index (κ1) is 17.3. The Kier molecular flexibility index (Phi) is 5.06. The maximum absolute atomic E-state index is 11.7. The molecule has 3 heteroatoms. The lowest BCUT2D eigenvalue weighted by atomic mass is 9.62. The van der Waals surface area contributed by atoms with Crippen molar-refractivity contribution in [3.05, 3.63) is 34.9 Å². The average Bonchev–Trinajstić information content (AvgIpc) is 2.51. The van der Waals surface area contributed by atoms with Gasteiger partial charge in [-0.3, -0.25) is 0 Å². The molecule has 0 radical (unpaired) electrons. The summed E-state index contributed by atoms with van der Waals surface area (Å²) < 4.78 is 0. The van der Waals surface area contributed by atoms with Crippen molar-refractivity contribution in [1.29, 1.82) is 0 Å². The molecule has 0 bridgehead atoms. The highest BCUT2D eigenvalue weighted by atomic mass is 35.5. The SMILES string of the molecule is CC1(C)CCC(CN2CCCCC2)C(O)(c2ccc(Cl)cc2)C1. The summed E-state index contributed by atoms with van der Waals surface area (Å²) in [6.45, 7) is 7.97. The topological polar surface area (TPSA) is 23.5 Å². The predicted octanol–water partition coefficient (Wildman–Crippen LogP) is 4.84. The first-order valence-electron chi connectivity index (χ1n) is 9.10. The number of piperidine rings is 1. The molecule has 23 heavy (non-hydrogen) atoms. The fraction of sp³-hybridized carbons (Fsp3) is 0.700. The zero-order valence-electron chi connectivity index (χ0n) is 14.5. The number of hydrogen-bond donors (Lipinski definition) is 1. The minimum absolute atomic E-state index is 0.187. The van der Waals surface area contributed by atoms with Crippen LogP contribution in [0.3, 0.4) is 0 Å². The van der Waals surface area contributed by atoms with Crippen LogP contribution in [0.4, 0.5) is 0 Å². The van der Waals surface area contributed by atoms with Gasteiger partial charge >= 0.3 is 0 Å². The van der Waals surface area contributed by atoms with Crippen LogP contribution in [-0.4, -0.2) is 29.6 Å². The van der Waals surface area contributed by atoms with Crippen LogP contribution in [0.5, 0.6) is 0 Å². The lowest BCUT2D eigenvalue weighted by Crippen LogP contribution is -2.49. The number of likely N-dealkylation sites (tertiary alicyclic amines) is 1. The molecule has 1 aliphatic carbocycles. The number of halogens is 1. The molecule has 1 aromatic rings. The molecule has 0 amide bonds. The van der Waals surface area contributed by atoms with E-state index in [9.17, 15) is 5.11 Å². The van der Waals surface area contributed by atoms with E-state index in [1.165, 1.54) is 38.8 Å². The van der Waals surface area contributed by atoms with Gasteiger partial charge in [-0.05, 0) is 68.3 Å². The zero-order valence-corrected chi connectivity index (χ0v) is 15.3. The second kappa shape index (κ2) is 6.74. The number of benzene rings is 1. The molecule has 2 nitrogen and oxygen atoms in total. The Morgan fingerprint density at radius 3 is 2.43 bits per heavy atom. The third kappa shape index (κ3) is 3.92. The van der Waals surface area contributed by atoms with Gasteiger partial charge in [0.15, 0.2) is 0 Å². The molecule has 1 N–H and O–H groups in total. The third-order valence-electron chi connectivity index (χ3n) is 5.86. The molecular weight excluding hydrogens is 306 g/mol. The van der Waals surface area contributed by atoms with E-state index in [1.807, 2.05) is 24.3 Å². The van der Waals surface area contributed by atoms with Crippen molar-refractivity contribution in [3.63, 3.8) is 0 Å². The van der Waals surface area contributed by atoms with Gasteiger partial charge in [-0.1, -0.05) is 44.0 Å². The number of rotatable bonds is 3. The van der Waals surface area contributed by atoms with Crippen LogP contribution >= 0.6 is 11.6 Å². The van der Waals surface area contributed by atoms with Crippen LogP contribution in [-0.2, 0) is 5.60 Å². The van der Waals surface area contributed by atoms with Crippen LogP contribution in [0.15, 0.2) is 24.3 Å². The van der Waals surface area contributed by atoms with Crippen LogP contribution in [0.25, 0.3) is 0 Å². The van der Waals surface area contributed by atoms with E-state index in [0.717, 1.165) is 30.0 Å². The Labute approximate surface area is 145 Å². The molecule has 2 unspecified atom stereocenters. The summed E-state index contributed by atoms with van der Waals surface area (Å²) in [5, 5.41) is 12.4. The minimum atomic E-state index is -0.732. The first-order chi connectivity index (χ1) is 10.9. The van der Waals surface area contributed by atoms with E-state index in [4.69, 9.17) is 11.6 Å². The molecule has 2 atom stereocenters. The third-order valence-corrected chi connectivity index (χ3v) is 6.12. The Morgan fingerprint density at radius 2 is 1.78 bits per heavy atom. The maximum Gasteiger partial charge on any atom is 0.0941 e. The number of aliphatic hydroxyl groups is 1. The largest absolute Gasteiger partial charge is 0.385 e. The molecule has 1 aromatic carbocycles. The molecule has 0 spiro atoms. The number of hydrogen-bond acceptors (Lipinski definition) is 2. The second-order valence-electron chi connectivity index (χ2n) is 8.37. The molecule has 128 valence electrons. The van der Waals surface area contributed by atoms with Gasteiger partial charge in [0, 0.05) is 17.5 Å².